The van der Waals surface area contributed by atoms with E-state index < -0.39 is 35.6 Å². The third kappa shape index (κ3) is 3.33. The Balaban J connectivity index is 1.78. The molecule has 4 nitrogen and oxygen atoms in total. The predicted octanol–water partition coefficient (Wildman–Crippen LogP) is 3.86. The van der Waals surface area contributed by atoms with Crippen molar-refractivity contribution in [3.63, 3.8) is 0 Å². The number of esters is 1. The second-order valence-corrected chi connectivity index (χ2v) is 5.31. The van der Waals surface area contributed by atoms with Crippen molar-refractivity contribution in [3.8, 4) is 5.75 Å². The molecule has 0 aliphatic heterocycles. The first kappa shape index (κ1) is 16.6. The van der Waals surface area contributed by atoms with Crippen molar-refractivity contribution in [1.29, 1.82) is 0 Å². The van der Waals surface area contributed by atoms with E-state index in [9.17, 15) is 23.5 Å². The van der Waals surface area contributed by atoms with Gasteiger partial charge in [-0.2, -0.15) is 0 Å². The number of phenols is 1. The molecule has 0 atom stereocenters. The van der Waals surface area contributed by atoms with Crippen molar-refractivity contribution in [3.05, 3.63) is 77.4 Å². The molecular formula is C19H12F2O4. The summed E-state index contributed by atoms with van der Waals surface area (Å²) in [5.74, 6) is -3.77. The number of hydrogen-bond acceptors (Lipinski definition) is 4. The lowest BCUT2D eigenvalue weighted by Crippen LogP contribution is -2.15. The second-order valence-electron chi connectivity index (χ2n) is 5.31. The molecule has 0 amide bonds. The molecular weight excluding hydrogens is 330 g/mol. The fourth-order valence-electron chi connectivity index (χ4n) is 2.42. The number of fused-ring (bicyclic) bond motifs is 1. The molecule has 126 valence electrons. The highest BCUT2D eigenvalue weighted by molar-refractivity contribution is 6.03. The Hall–Kier alpha value is -3.28. The third-order valence-electron chi connectivity index (χ3n) is 3.68. The van der Waals surface area contributed by atoms with Crippen molar-refractivity contribution in [2.24, 2.45) is 0 Å². The molecule has 0 unspecified atom stereocenters. The number of carbonyl (C=O) groups is 2. The minimum atomic E-state index is -0.937. The van der Waals surface area contributed by atoms with Crippen LogP contribution in [0, 0.1) is 11.6 Å². The summed E-state index contributed by atoms with van der Waals surface area (Å²) in [5.41, 5.74) is -0.623. The van der Waals surface area contributed by atoms with Gasteiger partial charge >= 0.3 is 5.97 Å². The Labute approximate surface area is 141 Å². The van der Waals surface area contributed by atoms with E-state index in [-0.39, 0.29) is 11.3 Å². The minimum Gasteiger partial charge on any atom is -0.506 e. The van der Waals surface area contributed by atoms with Gasteiger partial charge in [-0.3, -0.25) is 4.79 Å². The topological polar surface area (TPSA) is 63.6 Å². The molecule has 0 aliphatic carbocycles. The number of rotatable bonds is 4. The lowest BCUT2D eigenvalue weighted by Gasteiger charge is -2.08. The summed E-state index contributed by atoms with van der Waals surface area (Å²) in [6, 6.07) is 12.3. The van der Waals surface area contributed by atoms with E-state index in [1.807, 2.05) is 0 Å². The zero-order valence-electron chi connectivity index (χ0n) is 12.8. The Kier molecular flexibility index (Phi) is 4.43. The van der Waals surface area contributed by atoms with E-state index in [0.717, 1.165) is 23.6 Å². The smallest absolute Gasteiger partial charge is 0.342 e. The van der Waals surface area contributed by atoms with Crippen LogP contribution in [0.3, 0.4) is 0 Å². The fourth-order valence-corrected chi connectivity index (χ4v) is 2.42. The SMILES string of the molecule is O=C(COC(=O)c1ccc2ccccc2c1O)c1cc(F)ccc1F. The number of ketones is 1. The van der Waals surface area contributed by atoms with Gasteiger partial charge in [0.05, 0.1) is 5.56 Å². The molecule has 3 aromatic rings. The maximum absolute atomic E-state index is 13.5. The van der Waals surface area contributed by atoms with Crippen LogP contribution >= 0.6 is 0 Å². The molecule has 3 rings (SSSR count). The van der Waals surface area contributed by atoms with E-state index in [0.29, 0.717) is 5.39 Å². The van der Waals surface area contributed by atoms with E-state index in [1.165, 1.54) is 6.07 Å². The van der Waals surface area contributed by atoms with E-state index in [2.05, 4.69) is 0 Å². The Morgan fingerprint density at radius 3 is 2.52 bits per heavy atom. The van der Waals surface area contributed by atoms with Gasteiger partial charge in [-0.05, 0) is 29.7 Å². The van der Waals surface area contributed by atoms with Crippen LogP contribution in [0.15, 0.2) is 54.6 Å². The predicted molar refractivity (Wildman–Crippen MR) is 86.6 cm³/mol. The van der Waals surface area contributed by atoms with Crippen LogP contribution in [-0.4, -0.2) is 23.5 Å². The molecule has 0 bridgehead atoms. The van der Waals surface area contributed by atoms with Crippen molar-refractivity contribution < 1.29 is 28.2 Å². The van der Waals surface area contributed by atoms with Crippen LogP contribution in [0.5, 0.6) is 5.75 Å². The van der Waals surface area contributed by atoms with E-state index in [1.54, 1.807) is 30.3 Å². The van der Waals surface area contributed by atoms with Crippen LogP contribution in [0.25, 0.3) is 10.8 Å². The van der Waals surface area contributed by atoms with Crippen LogP contribution < -0.4 is 0 Å². The molecule has 25 heavy (non-hydrogen) atoms. The first-order chi connectivity index (χ1) is 12.0. The van der Waals surface area contributed by atoms with Crippen molar-refractivity contribution in [2.75, 3.05) is 6.61 Å². The quantitative estimate of drug-likeness (QED) is 0.578. The second kappa shape index (κ2) is 6.68. The zero-order valence-corrected chi connectivity index (χ0v) is 12.8. The monoisotopic (exact) mass is 342 g/mol. The Bertz CT molecular complexity index is 982. The molecule has 0 aliphatic rings. The van der Waals surface area contributed by atoms with Crippen molar-refractivity contribution >= 4 is 22.5 Å². The highest BCUT2D eigenvalue weighted by Gasteiger charge is 2.19. The highest BCUT2D eigenvalue weighted by Crippen LogP contribution is 2.29. The standard InChI is InChI=1S/C19H12F2O4/c20-12-6-8-16(21)15(9-12)17(22)10-25-19(24)14-7-5-11-3-1-2-4-13(11)18(14)23/h1-9,23H,10H2. The number of halogens is 2. The number of Topliss-reactive ketones (excluding diaryl/α,β-unsaturated/α-hetero) is 1. The Morgan fingerprint density at radius 1 is 0.960 bits per heavy atom. The number of carbonyl (C=O) groups excluding carboxylic acids is 2. The molecule has 0 saturated carbocycles. The minimum absolute atomic E-state index is 0.119. The zero-order chi connectivity index (χ0) is 18.0. The van der Waals surface area contributed by atoms with E-state index >= 15 is 0 Å². The van der Waals surface area contributed by atoms with Crippen LogP contribution in [0.1, 0.15) is 20.7 Å². The van der Waals surface area contributed by atoms with E-state index in [4.69, 9.17) is 4.74 Å². The van der Waals surface area contributed by atoms with Gasteiger partial charge in [-0.25, -0.2) is 13.6 Å². The number of hydrogen-bond donors (Lipinski definition) is 1. The summed E-state index contributed by atoms with van der Waals surface area (Å²) < 4.78 is 31.5. The molecule has 0 fully saturated rings. The summed E-state index contributed by atoms with van der Waals surface area (Å²) in [6.45, 7) is -0.772. The molecule has 0 spiro atoms. The molecule has 0 heterocycles. The average Bonchev–Trinajstić information content (AvgIpc) is 2.62. The third-order valence-corrected chi connectivity index (χ3v) is 3.68. The van der Waals surface area contributed by atoms with Gasteiger partial charge in [0, 0.05) is 5.39 Å². The van der Waals surface area contributed by atoms with Gasteiger partial charge in [0.2, 0.25) is 5.78 Å². The first-order valence-electron chi connectivity index (χ1n) is 7.33. The highest BCUT2D eigenvalue weighted by atomic mass is 19.1. The molecule has 0 radical (unpaired) electrons. The van der Waals surface area contributed by atoms with Crippen LogP contribution in [0.4, 0.5) is 8.78 Å². The number of aromatic hydroxyl groups is 1. The molecule has 0 saturated heterocycles. The molecule has 0 aromatic heterocycles. The van der Waals surface area contributed by atoms with Gasteiger partial charge < -0.3 is 9.84 Å². The number of ether oxygens (including phenoxy) is 1. The lowest BCUT2D eigenvalue weighted by molar-refractivity contribution is 0.0471. The summed E-state index contributed by atoms with van der Waals surface area (Å²) in [7, 11) is 0. The normalized spacial score (nSPS) is 10.6. The maximum atomic E-state index is 13.5. The van der Waals surface area contributed by atoms with Crippen molar-refractivity contribution in [1.82, 2.24) is 0 Å². The first-order valence-corrected chi connectivity index (χ1v) is 7.33. The largest absolute Gasteiger partial charge is 0.506 e. The summed E-state index contributed by atoms with van der Waals surface area (Å²) >= 11 is 0. The summed E-state index contributed by atoms with van der Waals surface area (Å²) in [6.07, 6.45) is 0. The van der Waals surface area contributed by atoms with Gasteiger partial charge in [0.1, 0.15) is 22.9 Å². The summed E-state index contributed by atoms with van der Waals surface area (Å²) in [5, 5.41) is 11.4. The van der Waals surface area contributed by atoms with Crippen LogP contribution in [-0.2, 0) is 4.74 Å². The average molecular weight is 342 g/mol. The lowest BCUT2D eigenvalue weighted by atomic mass is 10.1. The Morgan fingerprint density at radius 2 is 1.72 bits per heavy atom. The number of phenolic OH excluding ortho intramolecular Hbond substituents is 1. The fraction of sp³-hybridized carbons (Fsp3) is 0.0526. The van der Waals surface area contributed by atoms with Crippen LogP contribution in [0.2, 0.25) is 0 Å². The maximum Gasteiger partial charge on any atom is 0.342 e. The molecule has 1 N–H and O–H groups in total. The number of benzene rings is 3. The molecule has 3 aromatic carbocycles. The van der Waals surface area contributed by atoms with Gasteiger partial charge in [0.25, 0.3) is 0 Å². The van der Waals surface area contributed by atoms with Gasteiger partial charge in [-0.15, -0.1) is 0 Å². The summed E-state index contributed by atoms with van der Waals surface area (Å²) in [4.78, 5) is 24.0. The van der Waals surface area contributed by atoms with Gasteiger partial charge in [0.15, 0.2) is 6.61 Å². The molecule has 6 heteroatoms. The van der Waals surface area contributed by atoms with Gasteiger partial charge in [-0.1, -0.05) is 30.3 Å². The van der Waals surface area contributed by atoms with Crippen molar-refractivity contribution in [2.45, 2.75) is 0 Å².